The first-order valence-corrected chi connectivity index (χ1v) is 6.08. The molecule has 0 fully saturated rings. The van der Waals surface area contributed by atoms with E-state index in [2.05, 4.69) is 4.98 Å². The van der Waals surface area contributed by atoms with Crippen LogP contribution in [0.15, 0.2) is 24.3 Å². The van der Waals surface area contributed by atoms with Gasteiger partial charge in [-0.25, -0.2) is 9.78 Å². The molecule has 0 spiro atoms. The van der Waals surface area contributed by atoms with Gasteiger partial charge in [0.15, 0.2) is 5.69 Å². The lowest BCUT2D eigenvalue weighted by molar-refractivity contribution is 0.0690. The van der Waals surface area contributed by atoms with E-state index in [1.165, 1.54) is 18.2 Å². The van der Waals surface area contributed by atoms with Crippen molar-refractivity contribution in [3.05, 3.63) is 51.0 Å². The van der Waals surface area contributed by atoms with E-state index < -0.39 is 17.6 Å². The van der Waals surface area contributed by atoms with Crippen molar-refractivity contribution >= 4 is 40.8 Å². The molecule has 3 nitrogen and oxygen atoms in total. The average molecular weight is 321 g/mol. The Bertz CT molecular complexity index is 653. The first-order valence-electron chi connectivity index (χ1n) is 4.95. The first-order chi connectivity index (χ1) is 8.90. The van der Waals surface area contributed by atoms with E-state index >= 15 is 0 Å². The average Bonchev–Trinajstić information content (AvgIpc) is 2.29. The lowest BCUT2D eigenvalue weighted by atomic mass is 10.0. The van der Waals surface area contributed by atoms with Crippen LogP contribution >= 0.6 is 34.8 Å². The Morgan fingerprint density at radius 2 is 1.74 bits per heavy atom. The molecule has 0 aliphatic carbocycles. The summed E-state index contributed by atoms with van der Waals surface area (Å²) < 4.78 is 13.0. The van der Waals surface area contributed by atoms with Gasteiger partial charge in [0.1, 0.15) is 0 Å². The van der Waals surface area contributed by atoms with Crippen LogP contribution in [0.2, 0.25) is 15.1 Å². The highest BCUT2D eigenvalue weighted by Gasteiger charge is 2.19. The Hall–Kier alpha value is -1.36. The van der Waals surface area contributed by atoms with Gasteiger partial charge in [-0.3, -0.25) is 0 Å². The molecule has 2 aromatic rings. The SMILES string of the molecule is O=C(O)c1nc(F)ccc1-c1c(Cl)cc(Cl)cc1Cl. The molecule has 0 aliphatic heterocycles. The Morgan fingerprint density at radius 3 is 2.26 bits per heavy atom. The Kier molecular flexibility index (Phi) is 3.94. The molecule has 1 N–H and O–H groups in total. The van der Waals surface area contributed by atoms with Gasteiger partial charge in [-0.2, -0.15) is 4.39 Å². The van der Waals surface area contributed by atoms with Crippen LogP contribution in [0.3, 0.4) is 0 Å². The second kappa shape index (κ2) is 5.33. The largest absolute Gasteiger partial charge is 0.476 e. The van der Waals surface area contributed by atoms with Crippen LogP contribution < -0.4 is 0 Å². The molecule has 0 atom stereocenters. The predicted molar refractivity (Wildman–Crippen MR) is 71.6 cm³/mol. The van der Waals surface area contributed by atoms with E-state index in [0.29, 0.717) is 5.02 Å². The third kappa shape index (κ3) is 2.81. The van der Waals surface area contributed by atoms with Crippen LogP contribution in [-0.4, -0.2) is 16.1 Å². The number of carboxylic acid groups (broad SMARTS) is 1. The van der Waals surface area contributed by atoms with Gasteiger partial charge in [0.2, 0.25) is 5.95 Å². The monoisotopic (exact) mass is 319 g/mol. The molecule has 1 aromatic heterocycles. The number of aromatic nitrogens is 1. The lowest BCUT2D eigenvalue weighted by Crippen LogP contribution is -2.05. The molecule has 0 saturated carbocycles. The third-order valence-corrected chi connectivity index (χ3v) is 3.15. The molecule has 0 amide bonds. The van der Waals surface area contributed by atoms with Gasteiger partial charge in [-0.05, 0) is 24.3 Å². The van der Waals surface area contributed by atoms with E-state index in [1.807, 2.05) is 0 Å². The fourth-order valence-corrected chi connectivity index (χ4v) is 2.62. The van der Waals surface area contributed by atoms with Crippen LogP contribution in [0.4, 0.5) is 4.39 Å². The standard InChI is InChI=1S/C12H5Cl3FNO2/c13-5-3-7(14)10(8(15)4-5)6-1-2-9(16)17-11(6)12(18)19/h1-4H,(H,18,19). The molecule has 0 saturated heterocycles. The molecule has 0 unspecified atom stereocenters. The topological polar surface area (TPSA) is 50.2 Å². The molecule has 2 rings (SSSR count). The van der Waals surface area contributed by atoms with Crippen LogP contribution in [0.5, 0.6) is 0 Å². The zero-order valence-electron chi connectivity index (χ0n) is 9.12. The number of nitrogens with zero attached hydrogens (tertiary/aromatic N) is 1. The van der Waals surface area contributed by atoms with Crippen molar-refractivity contribution < 1.29 is 14.3 Å². The summed E-state index contributed by atoms with van der Waals surface area (Å²) in [6.45, 7) is 0. The molecule has 19 heavy (non-hydrogen) atoms. The molecule has 0 bridgehead atoms. The minimum absolute atomic E-state index is 0.126. The highest BCUT2D eigenvalue weighted by atomic mass is 35.5. The summed E-state index contributed by atoms with van der Waals surface area (Å²) in [5, 5.41) is 9.68. The van der Waals surface area contributed by atoms with Gasteiger partial charge in [0.25, 0.3) is 0 Å². The molecule has 7 heteroatoms. The van der Waals surface area contributed by atoms with E-state index in [-0.39, 0.29) is 21.2 Å². The van der Waals surface area contributed by atoms with Gasteiger partial charge in [-0.1, -0.05) is 34.8 Å². The number of carboxylic acids is 1. The van der Waals surface area contributed by atoms with Gasteiger partial charge < -0.3 is 5.11 Å². The third-order valence-electron chi connectivity index (χ3n) is 2.34. The predicted octanol–water partition coefficient (Wildman–Crippen LogP) is 4.55. The molecule has 98 valence electrons. The number of aromatic carboxylic acids is 1. The van der Waals surface area contributed by atoms with Crippen molar-refractivity contribution in [2.24, 2.45) is 0 Å². The number of rotatable bonds is 2. The zero-order valence-corrected chi connectivity index (χ0v) is 11.4. The van der Waals surface area contributed by atoms with Gasteiger partial charge >= 0.3 is 5.97 Å². The van der Waals surface area contributed by atoms with Gasteiger partial charge in [-0.15, -0.1) is 0 Å². The maximum absolute atomic E-state index is 13.0. The number of hydrogen-bond acceptors (Lipinski definition) is 2. The first kappa shape index (κ1) is 14.1. The van der Waals surface area contributed by atoms with E-state index in [9.17, 15) is 9.18 Å². The smallest absolute Gasteiger partial charge is 0.355 e. The van der Waals surface area contributed by atoms with Crippen molar-refractivity contribution in [1.29, 1.82) is 0 Å². The van der Waals surface area contributed by atoms with Crippen molar-refractivity contribution in [2.45, 2.75) is 0 Å². The van der Waals surface area contributed by atoms with E-state index in [4.69, 9.17) is 39.9 Å². The number of pyridine rings is 1. The van der Waals surface area contributed by atoms with Gasteiger partial charge in [0.05, 0.1) is 10.0 Å². The van der Waals surface area contributed by atoms with Gasteiger partial charge in [0, 0.05) is 16.1 Å². The fraction of sp³-hybridized carbons (Fsp3) is 0. The Labute approximate surface area is 122 Å². The van der Waals surface area contributed by atoms with Crippen LogP contribution in [0, 0.1) is 5.95 Å². The highest BCUT2D eigenvalue weighted by Crippen LogP contribution is 2.38. The number of hydrogen-bond donors (Lipinski definition) is 1. The molecule has 0 aliphatic rings. The maximum Gasteiger partial charge on any atom is 0.355 e. The maximum atomic E-state index is 13.0. The van der Waals surface area contributed by atoms with Crippen LogP contribution in [-0.2, 0) is 0 Å². The normalized spacial score (nSPS) is 10.5. The second-order valence-corrected chi connectivity index (χ2v) is 4.83. The highest BCUT2D eigenvalue weighted by molar-refractivity contribution is 6.42. The summed E-state index contributed by atoms with van der Waals surface area (Å²) in [7, 11) is 0. The Morgan fingerprint density at radius 1 is 1.16 bits per heavy atom. The molecular weight excluding hydrogens is 315 g/mol. The minimum atomic E-state index is -1.38. The van der Waals surface area contributed by atoms with Crippen molar-refractivity contribution in [1.82, 2.24) is 4.98 Å². The van der Waals surface area contributed by atoms with Crippen molar-refractivity contribution in [3.63, 3.8) is 0 Å². The number of carbonyl (C=O) groups is 1. The summed E-state index contributed by atoms with van der Waals surface area (Å²) in [5.41, 5.74) is -0.0932. The van der Waals surface area contributed by atoms with E-state index in [1.54, 1.807) is 0 Å². The van der Waals surface area contributed by atoms with E-state index in [0.717, 1.165) is 6.07 Å². The molecule has 1 aromatic carbocycles. The van der Waals surface area contributed by atoms with Crippen LogP contribution in [0.1, 0.15) is 10.5 Å². The minimum Gasteiger partial charge on any atom is -0.476 e. The fourth-order valence-electron chi connectivity index (χ4n) is 1.60. The summed E-state index contributed by atoms with van der Waals surface area (Å²) in [5.74, 6) is -2.28. The number of halogens is 4. The zero-order chi connectivity index (χ0) is 14.2. The van der Waals surface area contributed by atoms with Crippen molar-refractivity contribution in [3.8, 4) is 11.1 Å². The molecular formula is C12H5Cl3FNO2. The second-order valence-electron chi connectivity index (χ2n) is 3.58. The lowest BCUT2D eigenvalue weighted by Gasteiger charge is -2.10. The Balaban J connectivity index is 2.76. The summed E-state index contributed by atoms with van der Waals surface area (Å²) in [6.07, 6.45) is 0. The molecule has 0 radical (unpaired) electrons. The summed E-state index contributed by atoms with van der Waals surface area (Å²) in [4.78, 5) is 14.4. The summed E-state index contributed by atoms with van der Waals surface area (Å²) in [6, 6.07) is 5.12. The quantitative estimate of drug-likeness (QED) is 0.826. The summed E-state index contributed by atoms with van der Waals surface area (Å²) >= 11 is 17.8. The van der Waals surface area contributed by atoms with Crippen LogP contribution in [0.25, 0.3) is 11.1 Å². The molecule has 1 heterocycles. The van der Waals surface area contributed by atoms with Crippen molar-refractivity contribution in [2.75, 3.05) is 0 Å². The number of benzene rings is 1.